The third-order valence-electron chi connectivity index (χ3n) is 4.04. The van der Waals surface area contributed by atoms with Crippen molar-refractivity contribution in [2.24, 2.45) is 0 Å². The van der Waals surface area contributed by atoms with Gasteiger partial charge >= 0.3 is 0 Å². The van der Waals surface area contributed by atoms with Crippen molar-refractivity contribution in [3.05, 3.63) is 29.8 Å². The summed E-state index contributed by atoms with van der Waals surface area (Å²) in [7, 11) is -3.59. The third kappa shape index (κ3) is 4.31. The molecule has 1 saturated heterocycles. The minimum Gasteiger partial charge on any atom is -0.379 e. The van der Waals surface area contributed by atoms with Crippen molar-refractivity contribution in [3.8, 4) is 0 Å². The van der Waals surface area contributed by atoms with Gasteiger partial charge in [-0.25, -0.2) is 8.42 Å². The number of hydrogen-bond acceptors (Lipinski definition) is 4. The van der Waals surface area contributed by atoms with Crippen molar-refractivity contribution in [1.82, 2.24) is 9.62 Å². The number of nitrogens with one attached hydrogen (secondary N) is 1. The van der Waals surface area contributed by atoms with E-state index in [1.807, 2.05) is 20.8 Å². The van der Waals surface area contributed by atoms with Crippen LogP contribution in [0.25, 0.3) is 0 Å². The molecule has 2 rings (SSSR count). The minimum absolute atomic E-state index is 0.140. The molecule has 1 aliphatic heterocycles. The minimum atomic E-state index is -3.59. The molecule has 0 radical (unpaired) electrons. The zero-order valence-electron chi connectivity index (χ0n) is 13.8. The molecular weight excluding hydrogens is 316 g/mol. The predicted molar refractivity (Wildman–Crippen MR) is 87.9 cm³/mol. The van der Waals surface area contributed by atoms with E-state index in [9.17, 15) is 13.2 Å². The van der Waals surface area contributed by atoms with E-state index in [2.05, 4.69) is 5.32 Å². The smallest absolute Gasteiger partial charge is 0.251 e. The Labute approximate surface area is 137 Å². The van der Waals surface area contributed by atoms with Crippen LogP contribution in [0.15, 0.2) is 29.2 Å². The first kappa shape index (κ1) is 17.9. The van der Waals surface area contributed by atoms with Crippen LogP contribution >= 0.6 is 0 Å². The highest BCUT2D eigenvalue weighted by atomic mass is 32.2. The van der Waals surface area contributed by atoms with Gasteiger partial charge in [-0.1, -0.05) is 13.0 Å². The number of ether oxygens (including phenoxy) is 1. The van der Waals surface area contributed by atoms with Crippen molar-refractivity contribution >= 4 is 15.9 Å². The quantitative estimate of drug-likeness (QED) is 0.884. The molecule has 0 aromatic heterocycles. The summed E-state index contributed by atoms with van der Waals surface area (Å²) in [5.41, 5.74) is 0.0109. The van der Waals surface area contributed by atoms with E-state index in [4.69, 9.17) is 4.74 Å². The number of morpholine rings is 1. The Balaban J connectivity index is 2.24. The highest BCUT2D eigenvalue weighted by Crippen LogP contribution is 2.19. The lowest BCUT2D eigenvalue weighted by atomic mass is 10.0. The van der Waals surface area contributed by atoms with Gasteiger partial charge < -0.3 is 10.1 Å². The Bertz CT molecular complexity index is 664. The maximum atomic E-state index is 12.6. The highest BCUT2D eigenvalue weighted by Gasteiger charge is 2.27. The van der Waals surface area contributed by atoms with Crippen LogP contribution < -0.4 is 5.32 Å². The van der Waals surface area contributed by atoms with Crippen molar-refractivity contribution in [3.63, 3.8) is 0 Å². The lowest BCUT2D eigenvalue weighted by Gasteiger charge is -2.26. The molecule has 6 nitrogen and oxygen atoms in total. The molecule has 0 spiro atoms. The topological polar surface area (TPSA) is 75.7 Å². The van der Waals surface area contributed by atoms with Gasteiger partial charge in [0.05, 0.1) is 18.1 Å². The summed E-state index contributed by atoms with van der Waals surface area (Å²) in [4.78, 5) is 12.5. The van der Waals surface area contributed by atoms with Gasteiger partial charge in [0.1, 0.15) is 0 Å². The summed E-state index contributed by atoms with van der Waals surface area (Å²) in [5.74, 6) is -0.268. The highest BCUT2D eigenvalue weighted by molar-refractivity contribution is 7.89. The summed E-state index contributed by atoms with van der Waals surface area (Å²) in [6.45, 7) is 7.30. The first-order valence-electron chi connectivity index (χ1n) is 7.77. The zero-order valence-corrected chi connectivity index (χ0v) is 14.6. The van der Waals surface area contributed by atoms with Gasteiger partial charge in [-0.15, -0.1) is 0 Å². The summed E-state index contributed by atoms with van der Waals surface area (Å²) >= 11 is 0. The van der Waals surface area contributed by atoms with E-state index in [-0.39, 0.29) is 16.3 Å². The van der Waals surface area contributed by atoms with E-state index in [0.29, 0.717) is 31.9 Å². The molecule has 128 valence electrons. The molecule has 1 aliphatic rings. The second-order valence-corrected chi connectivity index (χ2v) is 8.17. The van der Waals surface area contributed by atoms with Crippen LogP contribution in [0.4, 0.5) is 0 Å². The maximum Gasteiger partial charge on any atom is 0.251 e. The Kier molecular flexibility index (Phi) is 5.44. The lowest BCUT2D eigenvalue weighted by Crippen LogP contribution is -2.43. The molecule has 1 fully saturated rings. The van der Waals surface area contributed by atoms with Gasteiger partial charge in [-0.05, 0) is 38.5 Å². The Hall–Kier alpha value is -1.44. The largest absolute Gasteiger partial charge is 0.379 e. The Morgan fingerprint density at radius 1 is 1.30 bits per heavy atom. The molecule has 0 aliphatic carbocycles. The number of rotatable bonds is 5. The summed E-state index contributed by atoms with van der Waals surface area (Å²) in [6.07, 6.45) is 0.782. The average Bonchev–Trinajstić information content (AvgIpc) is 2.55. The second-order valence-electron chi connectivity index (χ2n) is 6.24. The fraction of sp³-hybridized carbons (Fsp3) is 0.562. The van der Waals surface area contributed by atoms with Crippen molar-refractivity contribution < 1.29 is 17.9 Å². The van der Waals surface area contributed by atoms with Crippen molar-refractivity contribution in [1.29, 1.82) is 0 Å². The van der Waals surface area contributed by atoms with Gasteiger partial charge in [0, 0.05) is 24.2 Å². The monoisotopic (exact) mass is 340 g/mol. The molecule has 7 heteroatoms. The average molecular weight is 340 g/mol. The van der Waals surface area contributed by atoms with Crippen LogP contribution in [0.3, 0.4) is 0 Å². The molecule has 0 bridgehead atoms. The van der Waals surface area contributed by atoms with Gasteiger partial charge in [0.2, 0.25) is 10.0 Å². The number of amides is 1. The van der Waals surface area contributed by atoms with Crippen LogP contribution in [0.5, 0.6) is 0 Å². The summed E-state index contributed by atoms with van der Waals surface area (Å²) < 4.78 is 31.9. The molecule has 1 heterocycles. The molecule has 23 heavy (non-hydrogen) atoms. The van der Waals surface area contributed by atoms with Crippen LogP contribution in [-0.2, 0) is 14.8 Å². The molecule has 0 unspecified atom stereocenters. The maximum absolute atomic E-state index is 12.6. The number of nitrogens with zero attached hydrogens (tertiary/aromatic N) is 1. The number of carbonyl (C=O) groups is 1. The standard InChI is InChI=1S/C16H24N2O4S/c1-4-16(2,3)17-15(19)13-6-5-7-14(12-13)23(20,21)18-8-10-22-11-9-18/h5-7,12H,4,8-11H2,1-3H3,(H,17,19). The van der Waals surface area contributed by atoms with Crippen molar-refractivity contribution in [2.45, 2.75) is 37.6 Å². The molecule has 1 amide bonds. The Morgan fingerprint density at radius 2 is 1.96 bits per heavy atom. The van der Waals surface area contributed by atoms with E-state index < -0.39 is 10.0 Å². The first-order valence-corrected chi connectivity index (χ1v) is 9.21. The van der Waals surface area contributed by atoms with E-state index in [1.54, 1.807) is 12.1 Å². The van der Waals surface area contributed by atoms with Gasteiger partial charge in [-0.3, -0.25) is 4.79 Å². The summed E-state index contributed by atoms with van der Waals surface area (Å²) in [6, 6.07) is 6.18. The van der Waals surface area contributed by atoms with Crippen molar-refractivity contribution in [2.75, 3.05) is 26.3 Å². The van der Waals surface area contributed by atoms with E-state index in [1.165, 1.54) is 16.4 Å². The fourth-order valence-electron chi connectivity index (χ4n) is 2.20. The Morgan fingerprint density at radius 3 is 2.57 bits per heavy atom. The van der Waals surface area contributed by atoms with Crippen LogP contribution in [-0.4, -0.2) is 50.5 Å². The van der Waals surface area contributed by atoms with Gasteiger partial charge in [0.25, 0.3) is 5.91 Å². The second kappa shape index (κ2) is 6.98. The van der Waals surface area contributed by atoms with Gasteiger partial charge in [-0.2, -0.15) is 4.31 Å². The SMILES string of the molecule is CCC(C)(C)NC(=O)c1cccc(S(=O)(=O)N2CCOCC2)c1. The predicted octanol–water partition coefficient (Wildman–Crippen LogP) is 1.63. The van der Waals surface area contributed by atoms with E-state index >= 15 is 0 Å². The van der Waals surface area contributed by atoms with Crippen LogP contribution in [0.2, 0.25) is 0 Å². The number of sulfonamides is 1. The molecule has 1 N–H and O–H groups in total. The molecule has 0 atom stereocenters. The number of benzene rings is 1. The van der Waals surface area contributed by atoms with Gasteiger partial charge in [0.15, 0.2) is 0 Å². The molecule has 0 saturated carbocycles. The molecular formula is C16H24N2O4S. The first-order chi connectivity index (χ1) is 10.8. The fourth-order valence-corrected chi connectivity index (χ4v) is 3.66. The normalized spacial score (nSPS) is 17.0. The van der Waals surface area contributed by atoms with Crippen LogP contribution in [0, 0.1) is 0 Å². The molecule has 1 aromatic rings. The third-order valence-corrected chi connectivity index (χ3v) is 5.93. The van der Waals surface area contributed by atoms with Crippen LogP contribution in [0.1, 0.15) is 37.6 Å². The molecule has 1 aromatic carbocycles. The summed E-state index contributed by atoms with van der Waals surface area (Å²) in [5, 5.41) is 2.91. The van der Waals surface area contributed by atoms with E-state index in [0.717, 1.165) is 6.42 Å². The number of carbonyl (C=O) groups excluding carboxylic acids is 1. The lowest BCUT2D eigenvalue weighted by molar-refractivity contribution is 0.0730. The zero-order chi connectivity index (χ0) is 17.1. The number of hydrogen-bond donors (Lipinski definition) is 1.